The lowest BCUT2D eigenvalue weighted by atomic mass is 9.57. The highest BCUT2D eigenvalue weighted by Gasteiger charge is 2.91. The lowest BCUT2D eigenvalue weighted by Crippen LogP contribution is -2.53. The third-order valence-electron chi connectivity index (χ3n) is 8.74. The van der Waals surface area contributed by atoms with E-state index in [0.29, 0.717) is 0 Å². The highest BCUT2D eigenvalue weighted by molar-refractivity contribution is 7.86. The van der Waals surface area contributed by atoms with E-state index in [1.54, 1.807) is 0 Å². The van der Waals surface area contributed by atoms with Gasteiger partial charge in [0, 0.05) is 23.7 Å². The summed E-state index contributed by atoms with van der Waals surface area (Å²) >= 11 is 82.7. The number of hydrogen-bond acceptors (Lipinski definition) is 3. The Labute approximate surface area is 281 Å². The lowest BCUT2D eigenvalue weighted by molar-refractivity contribution is 0.0691. The number of alkyl halides is 8. The zero-order valence-electron chi connectivity index (χ0n) is 18.0. The number of carboxylic acids is 1. The molecule has 0 heterocycles. The average molecular weight is 798 g/mol. The third kappa shape index (κ3) is 2.87. The van der Waals surface area contributed by atoms with Crippen molar-refractivity contribution in [1.29, 1.82) is 0 Å². The molecular weight excluding hydrogens is 790 g/mol. The Hall–Kier alpha value is 1.56. The van der Waals surface area contributed by atoms with E-state index < -0.39 is 78.4 Å². The van der Waals surface area contributed by atoms with E-state index in [4.69, 9.17) is 139 Å². The van der Waals surface area contributed by atoms with Crippen LogP contribution in [-0.2, 0) is 10.1 Å². The van der Waals surface area contributed by atoms with E-state index in [2.05, 4.69) is 0 Å². The predicted octanol–water partition coefficient (Wildman–Crippen LogP) is 8.74. The first-order valence-electron chi connectivity index (χ1n) is 10.6. The van der Waals surface area contributed by atoms with E-state index in [9.17, 15) is 22.9 Å². The molecule has 6 rings (SSSR count). The number of carboxylic acid groups (broad SMARTS) is 1. The van der Waals surface area contributed by atoms with Gasteiger partial charge in [-0.1, -0.05) is 92.8 Å². The van der Waals surface area contributed by atoms with Gasteiger partial charge < -0.3 is 5.11 Å². The number of hydrogen-bond donors (Lipinski definition) is 2. The summed E-state index contributed by atoms with van der Waals surface area (Å²) in [5, 5.41) is 9.02. The zero-order valence-corrected chi connectivity index (χ0v) is 27.9. The summed E-state index contributed by atoms with van der Waals surface area (Å²) in [5.74, 6) is -6.33. The second kappa shape index (κ2) is 8.23. The van der Waals surface area contributed by atoms with E-state index in [0.717, 1.165) is 12.1 Å². The minimum atomic E-state index is -5.11. The maximum Gasteiger partial charge on any atom is 0.337 e. The first kappa shape index (κ1) is 30.6. The molecule has 5 nitrogen and oxygen atoms in total. The second-order valence-corrected chi connectivity index (χ2v) is 18.0. The first-order chi connectivity index (χ1) is 17.5. The summed E-state index contributed by atoms with van der Waals surface area (Å²) < 4.78 is 30.3. The summed E-state index contributed by atoms with van der Waals surface area (Å²) in [6.45, 7) is 0. The van der Waals surface area contributed by atoms with Crippen molar-refractivity contribution in [2.75, 3.05) is 0 Å². The third-order valence-corrected chi connectivity index (χ3v) is 18.2. The van der Waals surface area contributed by atoms with Crippen molar-refractivity contribution in [1.82, 2.24) is 0 Å². The molecule has 0 saturated heterocycles. The van der Waals surface area contributed by atoms with Gasteiger partial charge in [0.1, 0.15) is 24.4 Å². The van der Waals surface area contributed by atoms with Crippen molar-refractivity contribution >= 4 is 155 Å². The summed E-state index contributed by atoms with van der Waals surface area (Å²) in [4.78, 5) is 3.26. The molecule has 4 bridgehead atoms. The Morgan fingerprint density at radius 2 is 1.00 bits per heavy atom. The summed E-state index contributed by atoms with van der Waals surface area (Å²) in [6, 6.07) is 1.92. The van der Waals surface area contributed by atoms with Crippen LogP contribution in [0.1, 0.15) is 33.3 Å². The molecule has 39 heavy (non-hydrogen) atoms. The standard InChI is InChI=1S/C21H8Cl12O5S/c22-11-13(24)18(28)9-7(16(11,26)20(18,30)31)3-1-5(15(34)35)6(39(36,37)38)2-4(3)8-10(9)19(29)14(25)12(23)17(8,27)21(19,32)33/h1-2,7-10H,(H,34,35)(H,36,37,38)/t7-,8-,9+,10-,16+,17-,18+,19-/m0/s1. The zero-order chi connectivity index (χ0) is 29.4. The molecule has 0 unspecified atom stereocenters. The molecule has 0 radical (unpaired) electrons. The number of fused-ring (bicyclic) bond motifs is 14. The van der Waals surface area contributed by atoms with Crippen LogP contribution in [0.25, 0.3) is 0 Å². The molecule has 2 fully saturated rings. The topological polar surface area (TPSA) is 91.7 Å². The molecule has 0 spiro atoms. The predicted molar refractivity (Wildman–Crippen MR) is 156 cm³/mol. The smallest absolute Gasteiger partial charge is 0.337 e. The van der Waals surface area contributed by atoms with Crippen LogP contribution >= 0.6 is 139 Å². The van der Waals surface area contributed by atoms with E-state index in [1.807, 2.05) is 0 Å². The van der Waals surface area contributed by atoms with Gasteiger partial charge in [-0.25, -0.2) is 4.79 Å². The van der Waals surface area contributed by atoms with Crippen molar-refractivity contribution in [3.8, 4) is 0 Å². The van der Waals surface area contributed by atoms with Gasteiger partial charge in [0.15, 0.2) is 8.67 Å². The van der Waals surface area contributed by atoms with Crippen molar-refractivity contribution in [2.45, 2.75) is 44.9 Å². The quantitative estimate of drug-likeness (QED) is 0.231. The molecule has 5 aliphatic carbocycles. The lowest BCUT2D eigenvalue weighted by Gasteiger charge is -2.52. The second-order valence-electron chi connectivity index (χ2n) is 10.0. The maximum atomic E-state index is 12.3. The minimum absolute atomic E-state index is 0.0296. The van der Waals surface area contributed by atoms with Crippen LogP contribution in [0.4, 0.5) is 0 Å². The minimum Gasteiger partial charge on any atom is -0.478 e. The molecule has 18 heteroatoms. The molecule has 0 aromatic heterocycles. The van der Waals surface area contributed by atoms with Crippen molar-refractivity contribution in [3.05, 3.63) is 49.0 Å². The molecule has 8 atom stereocenters. The van der Waals surface area contributed by atoms with Crippen LogP contribution in [0.15, 0.2) is 37.2 Å². The molecule has 0 amide bonds. The highest BCUT2D eigenvalue weighted by Crippen LogP contribution is 2.88. The van der Waals surface area contributed by atoms with Gasteiger partial charge in [-0.15, -0.1) is 46.4 Å². The molecule has 212 valence electrons. The largest absolute Gasteiger partial charge is 0.478 e. The summed E-state index contributed by atoms with van der Waals surface area (Å²) in [6.07, 6.45) is 0. The average Bonchev–Trinajstić information content (AvgIpc) is 3.16. The monoisotopic (exact) mass is 792 g/mol. The van der Waals surface area contributed by atoms with Gasteiger partial charge in [-0.05, 0) is 23.3 Å². The molecule has 1 aromatic rings. The van der Waals surface area contributed by atoms with Crippen LogP contribution in [0.5, 0.6) is 0 Å². The van der Waals surface area contributed by atoms with Gasteiger partial charge in [0.2, 0.25) is 0 Å². The summed E-state index contributed by atoms with van der Waals surface area (Å²) in [5.41, 5.74) is -0.688. The normalized spacial score (nSPS) is 44.5. The molecule has 1 aromatic carbocycles. The Balaban J connectivity index is 1.84. The van der Waals surface area contributed by atoms with Crippen LogP contribution in [0.2, 0.25) is 0 Å². The van der Waals surface area contributed by atoms with Gasteiger partial charge in [-0.2, -0.15) is 8.42 Å². The van der Waals surface area contributed by atoms with Crippen LogP contribution < -0.4 is 0 Å². The maximum absolute atomic E-state index is 12.3. The van der Waals surface area contributed by atoms with Crippen LogP contribution in [0.3, 0.4) is 0 Å². The Morgan fingerprint density at radius 1 is 0.667 bits per heavy atom. The molecule has 5 aliphatic rings. The molecule has 2 N–H and O–H groups in total. The van der Waals surface area contributed by atoms with Crippen molar-refractivity contribution in [2.24, 2.45) is 11.8 Å². The number of carbonyl (C=O) groups is 1. The fourth-order valence-electron chi connectivity index (χ4n) is 7.31. The Kier molecular flexibility index (Phi) is 6.45. The van der Waals surface area contributed by atoms with Crippen LogP contribution in [0, 0.1) is 11.8 Å². The fourth-order valence-corrected chi connectivity index (χ4v) is 14.1. The van der Waals surface area contributed by atoms with Crippen molar-refractivity contribution in [3.63, 3.8) is 0 Å². The highest BCUT2D eigenvalue weighted by atomic mass is 35.5. The van der Waals surface area contributed by atoms with Gasteiger partial charge in [0.05, 0.1) is 25.7 Å². The number of rotatable bonds is 2. The molecule has 0 aliphatic heterocycles. The van der Waals surface area contributed by atoms with E-state index in [1.165, 1.54) is 0 Å². The van der Waals surface area contributed by atoms with E-state index >= 15 is 0 Å². The first-order valence-corrected chi connectivity index (χ1v) is 16.5. The Morgan fingerprint density at radius 3 is 1.33 bits per heavy atom. The SMILES string of the molecule is O=C(O)c1cc2c(cc1S(=O)(=O)O)[C@H]1[C@@H]([C@H]3[C@H]2[C@@]2(Cl)C(Cl)=C(Cl)[C@@]3(Cl)C2(Cl)Cl)[C@]2(Cl)C(Cl)=C(Cl)[C@]1(Cl)C2(Cl)Cl. The molecule has 2 saturated carbocycles. The number of allylic oxidation sites excluding steroid dienone is 4. The van der Waals surface area contributed by atoms with E-state index in [-0.39, 0.29) is 31.3 Å². The number of halogens is 12. The fraction of sp³-hybridized carbons (Fsp3) is 0.476. The summed E-state index contributed by atoms with van der Waals surface area (Å²) in [7, 11) is -5.11. The molecular formula is C21H8Cl12O5S. The number of benzene rings is 1. The van der Waals surface area contributed by atoms with Crippen LogP contribution in [-0.4, -0.2) is 52.2 Å². The van der Waals surface area contributed by atoms with Gasteiger partial charge in [-0.3, -0.25) is 4.55 Å². The van der Waals surface area contributed by atoms with Crippen molar-refractivity contribution < 1.29 is 22.9 Å². The van der Waals surface area contributed by atoms with Gasteiger partial charge in [0.25, 0.3) is 10.1 Å². The van der Waals surface area contributed by atoms with Gasteiger partial charge >= 0.3 is 5.97 Å². The Bertz CT molecular complexity index is 1620. The number of aromatic carboxylic acids is 1.